The van der Waals surface area contributed by atoms with Crippen molar-refractivity contribution in [1.29, 1.82) is 0 Å². The monoisotopic (exact) mass is 968 g/mol. The molecule has 4 aliphatic heterocycles. The van der Waals surface area contributed by atoms with Gasteiger partial charge in [0, 0.05) is 34.1 Å². The molecule has 0 spiro atoms. The average Bonchev–Trinajstić information content (AvgIpc) is 3.43. The Morgan fingerprint density at radius 1 is 0.276 bits per heavy atom. The van der Waals surface area contributed by atoms with E-state index in [-0.39, 0.29) is 13.4 Å². The molecule has 0 fully saturated rings. The molecule has 0 atom stereocenters. The van der Waals surface area contributed by atoms with Crippen LogP contribution in [0.5, 0.6) is 0 Å². The van der Waals surface area contributed by atoms with E-state index in [2.05, 4.69) is 247 Å². The molecule has 76 heavy (non-hydrogen) atoms. The topological polar surface area (TPSA) is 6.48 Å². The third-order valence-corrected chi connectivity index (χ3v) is 18.0. The second-order valence-corrected chi connectivity index (χ2v) is 22.8. The fourth-order valence-electron chi connectivity index (χ4n) is 15.1. The first kappa shape index (κ1) is 43.8. The van der Waals surface area contributed by atoms with Crippen LogP contribution in [0.2, 0.25) is 0 Å². The molecular weight excluding hydrogens is 914 g/mol. The lowest BCUT2D eigenvalue weighted by atomic mass is 9.31. The molecular formula is C72H54B2N2. The molecule has 0 saturated heterocycles. The Kier molecular flexibility index (Phi) is 8.93. The summed E-state index contributed by atoms with van der Waals surface area (Å²) in [7, 11) is 0. The smallest absolute Gasteiger partial charge is 0.248 e. The largest absolute Gasteiger partial charge is 0.311 e. The predicted molar refractivity (Wildman–Crippen MR) is 328 cm³/mol. The number of aryl methyl sites for hydroxylation is 8. The Bertz CT molecular complexity index is 4240. The molecule has 0 saturated carbocycles. The number of hydrogen-bond acceptors (Lipinski definition) is 2. The summed E-state index contributed by atoms with van der Waals surface area (Å²) in [5, 5.41) is 8.26. The van der Waals surface area contributed by atoms with Crippen molar-refractivity contribution in [3.05, 3.63) is 226 Å². The molecule has 358 valence electrons. The van der Waals surface area contributed by atoms with Crippen LogP contribution in [0.15, 0.2) is 182 Å². The molecule has 4 heteroatoms. The second-order valence-electron chi connectivity index (χ2n) is 22.8. The van der Waals surface area contributed by atoms with E-state index in [4.69, 9.17) is 0 Å². The lowest BCUT2D eigenvalue weighted by Gasteiger charge is -2.42. The Balaban J connectivity index is 1.15. The number of rotatable bonds is 4. The first-order valence-corrected chi connectivity index (χ1v) is 27.2. The van der Waals surface area contributed by atoms with Gasteiger partial charge in [-0.1, -0.05) is 132 Å². The zero-order valence-electron chi connectivity index (χ0n) is 44.4. The molecule has 0 aromatic heterocycles. The van der Waals surface area contributed by atoms with E-state index in [9.17, 15) is 0 Å². The number of nitrogens with zero attached hydrogens (tertiary/aromatic N) is 2. The van der Waals surface area contributed by atoms with E-state index in [0.29, 0.717) is 0 Å². The fraction of sp³-hybridized carbons (Fsp3) is 0.111. The van der Waals surface area contributed by atoms with Crippen LogP contribution in [0.25, 0.3) is 76.8 Å². The minimum Gasteiger partial charge on any atom is -0.311 e. The van der Waals surface area contributed by atoms with E-state index >= 15 is 0 Å². The van der Waals surface area contributed by atoms with Gasteiger partial charge in [0.1, 0.15) is 0 Å². The van der Waals surface area contributed by atoms with Crippen LogP contribution in [-0.4, -0.2) is 13.4 Å². The van der Waals surface area contributed by atoms with Gasteiger partial charge in [-0.2, -0.15) is 0 Å². The lowest BCUT2D eigenvalue weighted by molar-refractivity contribution is 1.27. The average molecular weight is 969 g/mol. The number of benzene rings is 12. The molecule has 2 nitrogen and oxygen atoms in total. The van der Waals surface area contributed by atoms with Crippen LogP contribution in [0.4, 0.5) is 34.1 Å². The van der Waals surface area contributed by atoms with Gasteiger partial charge >= 0.3 is 0 Å². The van der Waals surface area contributed by atoms with Gasteiger partial charge in [-0.3, -0.25) is 0 Å². The van der Waals surface area contributed by atoms with Crippen molar-refractivity contribution >= 4 is 113 Å². The Hall–Kier alpha value is -8.59. The molecule has 0 bridgehead atoms. The predicted octanol–water partition coefficient (Wildman–Crippen LogP) is 14.9. The summed E-state index contributed by atoms with van der Waals surface area (Å²) in [6.45, 7) is 18.4. The van der Waals surface area contributed by atoms with Crippen molar-refractivity contribution in [2.24, 2.45) is 0 Å². The van der Waals surface area contributed by atoms with Crippen LogP contribution in [0.3, 0.4) is 0 Å². The second kappa shape index (κ2) is 15.5. The lowest BCUT2D eigenvalue weighted by Crippen LogP contribution is -2.60. The fourth-order valence-corrected chi connectivity index (χ4v) is 15.1. The van der Waals surface area contributed by atoms with Gasteiger partial charge in [0.05, 0.1) is 0 Å². The van der Waals surface area contributed by atoms with E-state index < -0.39 is 0 Å². The number of fused-ring (bicyclic) bond motifs is 8. The summed E-state index contributed by atoms with van der Waals surface area (Å²) >= 11 is 0. The van der Waals surface area contributed by atoms with Crippen molar-refractivity contribution in [3.63, 3.8) is 0 Å². The van der Waals surface area contributed by atoms with Crippen LogP contribution < -0.4 is 42.6 Å². The highest BCUT2D eigenvalue weighted by Crippen LogP contribution is 2.53. The third-order valence-electron chi connectivity index (χ3n) is 18.0. The van der Waals surface area contributed by atoms with Gasteiger partial charge < -0.3 is 9.80 Å². The first-order valence-electron chi connectivity index (χ1n) is 27.2. The van der Waals surface area contributed by atoms with Crippen LogP contribution >= 0.6 is 0 Å². The minimum absolute atomic E-state index is 0.00699. The Labute approximate surface area is 446 Å². The molecule has 12 aromatic rings. The maximum atomic E-state index is 2.69. The van der Waals surface area contributed by atoms with Crippen LogP contribution in [-0.2, 0) is 0 Å². The summed E-state index contributed by atoms with van der Waals surface area (Å²) in [4.78, 5) is 5.11. The molecule has 0 amide bonds. The summed E-state index contributed by atoms with van der Waals surface area (Å²) in [5.41, 5.74) is 36.6. The molecule has 0 aliphatic carbocycles. The molecule has 16 rings (SSSR count). The summed E-state index contributed by atoms with van der Waals surface area (Å²) in [6, 6.07) is 70.9. The number of hydrogen-bond donors (Lipinski definition) is 0. The number of anilines is 6. The van der Waals surface area contributed by atoms with Gasteiger partial charge in [-0.25, -0.2) is 0 Å². The van der Waals surface area contributed by atoms with Crippen molar-refractivity contribution in [2.75, 3.05) is 9.80 Å². The highest BCUT2D eigenvalue weighted by Gasteiger charge is 2.46. The van der Waals surface area contributed by atoms with Crippen LogP contribution in [0, 0.1) is 55.4 Å². The van der Waals surface area contributed by atoms with Gasteiger partial charge in [-0.15, -0.1) is 0 Å². The van der Waals surface area contributed by atoms with E-state index in [1.54, 1.807) is 0 Å². The van der Waals surface area contributed by atoms with E-state index in [1.165, 1.54) is 188 Å². The summed E-state index contributed by atoms with van der Waals surface area (Å²) in [5.74, 6) is 0. The van der Waals surface area contributed by atoms with Gasteiger partial charge in [-0.05, 0) is 259 Å². The van der Waals surface area contributed by atoms with Gasteiger partial charge in [0.2, 0.25) is 13.4 Å². The van der Waals surface area contributed by atoms with Gasteiger partial charge in [0.25, 0.3) is 0 Å². The maximum Gasteiger partial charge on any atom is 0.248 e. The van der Waals surface area contributed by atoms with E-state index in [0.717, 1.165) is 0 Å². The normalized spacial score (nSPS) is 13.4. The van der Waals surface area contributed by atoms with Crippen molar-refractivity contribution < 1.29 is 0 Å². The quantitative estimate of drug-likeness (QED) is 0.128. The van der Waals surface area contributed by atoms with E-state index in [1.807, 2.05) is 0 Å². The first-order chi connectivity index (χ1) is 37.0. The Morgan fingerprint density at radius 2 is 0.658 bits per heavy atom. The summed E-state index contributed by atoms with van der Waals surface area (Å²) < 4.78 is 0. The molecule has 0 radical (unpaired) electrons. The maximum absolute atomic E-state index is 2.69. The summed E-state index contributed by atoms with van der Waals surface area (Å²) in [6.07, 6.45) is 0. The molecule has 0 N–H and O–H groups in total. The minimum atomic E-state index is 0.00699. The zero-order chi connectivity index (χ0) is 51.2. The third kappa shape index (κ3) is 5.74. The Morgan fingerprint density at radius 3 is 1.05 bits per heavy atom. The van der Waals surface area contributed by atoms with Crippen molar-refractivity contribution in [1.82, 2.24) is 0 Å². The van der Waals surface area contributed by atoms with Gasteiger partial charge in [0.15, 0.2) is 0 Å². The molecule has 0 unspecified atom stereocenters. The SMILES string of the molecule is Cc1ccc2c(c1)N(c1ccccc1)c1cc(C)cc3c1B2c1cc2c(-c4c(C)cccc4C)cc4c5c(cc6c(-c7c(C)cccc7C)cc-3c1c6c25)B1c2ccc(C)cc2N(c2ccccc2)c2cc(C)cc-4c21. The molecule has 12 aromatic carbocycles. The molecule has 4 aliphatic rings. The highest BCUT2D eigenvalue weighted by molar-refractivity contribution is 7.02. The van der Waals surface area contributed by atoms with Crippen LogP contribution in [0.1, 0.15) is 44.5 Å². The van der Waals surface area contributed by atoms with Crippen molar-refractivity contribution in [3.8, 4) is 44.5 Å². The highest BCUT2D eigenvalue weighted by atomic mass is 15.2. The number of para-hydroxylation sites is 2. The molecule has 4 heterocycles. The van der Waals surface area contributed by atoms with Crippen molar-refractivity contribution in [2.45, 2.75) is 55.4 Å². The zero-order valence-corrected chi connectivity index (χ0v) is 44.4. The standard InChI is InChI=1S/C72H54B2N2/c1-39-25-27-57-61(31-39)75(47-21-11-9-12-22-47)63-33-41(3)29-55-51-35-50(66-45(7)19-16-20-46(66)8)54-38-60-68-52(36-49(65-43(5)17-15-18-44(65)6)53-37-59(73(57)71(55)63)67(51)69(54)70(53)68)56-30-42(4)34-64-72(56)74(60)58-28-26-40(2)32-62(58)76(64)48-23-13-10-14-24-48/h9-38H,1-8H3.